The number of H-pyrrole nitrogens is 1. The number of carbonyl (C=O) groups is 1. The molecule has 0 aliphatic heterocycles. The third kappa shape index (κ3) is 4.00. The molecule has 4 rings (SSSR count). The van der Waals surface area contributed by atoms with Crippen LogP contribution < -0.4 is 16.4 Å². The number of urea groups is 1. The van der Waals surface area contributed by atoms with Crippen LogP contribution in [0.25, 0.3) is 28.1 Å². The van der Waals surface area contributed by atoms with E-state index in [1.54, 1.807) is 6.08 Å². The Balaban J connectivity index is 1.68. The Bertz CT molecular complexity index is 1330. The van der Waals surface area contributed by atoms with Gasteiger partial charge in [0.15, 0.2) is 5.82 Å². The number of hydrogen-bond donors (Lipinski definition) is 4. The summed E-state index contributed by atoms with van der Waals surface area (Å²) in [6, 6.07) is 15.4. The van der Waals surface area contributed by atoms with Gasteiger partial charge in [0, 0.05) is 9.26 Å². The van der Waals surface area contributed by atoms with Gasteiger partial charge >= 0.3 is 6.03 Å². The fourth-order valence-electron chi connectivity index (χ4n) is 3.69. The first kappa shape index (κ1) is 20.9. The number of anilines is 3. The molecule has 2 amide bonds. The average Bonchev–Trinajstić information content (AvgIpc) is 3.13. The second-order valence-electron chi connectivity index (χ2n) is 7.30. The topological polar surface area (TPSA) is 95.8 Å². The Morgan fingerprint density at radius 1 is 1.10 bits per heavy atom. The van der Waals surface area contributed by atoms with Crippen molar-refractivity contribution in [3.8, 4) is 11.1 Å². The molecule has 7 heteroatoms. The fraction of sp³-hybridized carbons (Fsp3) is 0.0833. The highest BCUT2D eigenvalue weighted by molar-refractivity contribution is 14.1. The van der Waals surface area contributed by atoms with Crippen molar-refractivity contribution in [1.82, 2.24) is 10.2 Å². The van der Waals surface area contributed by atoms with Crippen LogP contribution in [0.15, 0.2) is 55.1 Å². The van der Waals surface area contributed by atoms with Crippen molar-refractivity contribution in [1.29, 1.82) is 0 Å². The highest BCUT2D eigenvalue weighted by Crippen LogP contribution is 2.37. The number of fused-ring (bicyclic) bond motifs is 1. The number of carbonyl (C=O) groups excluding carboxylic acids is 1. The first-order valence-electron chi connectivity index (χ1n) is 9.72. The summed E-state index contributed by atoms with van der Waals surface area (Å²) < 4.78 is 0.975. The van der Waals surface area contributed by atoms with Crippen molar-refractivity contribution in [3.63, 3.8) is 0 Å². The number of benzene rings is 3. The Morgan fingerprint density at radius 3 is 2.65 bits per heavy atom. The van der Waals surface area contributed by atoms with E-state index in [4.69, 9.17) is 5.73 Å². The van der Waals surface area contributed by atoms with Crippen LogP contribution in [0.5, 0.6) is 0 Å². The summed E-state index contributed by atoms with van der Waals surface area (Å²) in [7, 11) is 0. The first-order chi connectivity index (χ1) is 14.9. The van der Waals surface area contributed by atoms with Crippen molar-refractivity contribution in [2.24, 2.45) is 0 Å². The number of aromatic amines is 1. The Labute approximate surface area is 194 Å². The molecule has 0 saturated carbocycles. The molecule has 1 heterocycles. The van der Waals surface area contributed by atoms with Gasteiger partial charge in [-0.1, -0.05) is 36.9 Å². The number of rotatable bonds is 4. The van der Waals surface area contributed by atoms with Crippen LogP contribution >= 0.6 is 22.6 Å². The molecule has 0 spiro atoms. The monoisotopic (exact) mass is 523 g/mol. The van der Waals surface area contributed by atoms with Gasteiger partial charge in [0.25, 0.3) is 0 Å². The van der Waals surface area contributed by atoms with E-state index in [0.29, 0.717) is 11.5 Å². The number of aromatic nitrogens is 2. The first-order valence-corrected chi connectivity index (χ1v) is 10.8. The molecule has 0 radical (unpaired) electrons. The number of amides is 2. The number of hydrogen-bond acceptors (Lipinski definition) is 3. The molecular weight excluding hydrogens is 501 g/mol. The zero-order valence-electron chi connectivity index (χ0n) is 17.2. The van der Waals surface area contributed by atoms with Gasteiger partial charge in [0.2, 0.25) is 0 Å². The van der Waals surface area contributed by atoms with Crippen molar-refractivity contribution >= 4 is 62.8 Å². The van der Waals surface area contributed by atoms with Crippen LogP contribution in [0.1, 0.15) is 16.7 Å². The van der Waals surface area contributed by atoms with Gasteiger partial charge in [-0.15, -0.1) is 0 Å². The van der Waals surface area contributed by atoms with Crippen LogP contribution in [0, 0.1) is 17.4 Å². The molecule has 156 valence electrons. The molecule has 0 atom stereocenters. The molecule has 4 aromatic rings. The Morgan fingerprint density at radius 2 is 1.87 bits per heavy atom. The number of nitrogen functional groups attached to an aromatic ring is 1. The summed E-state index contributed by atoms with van der Waals surface area (Å²) in [4.78, 5) is 12.7. The van der Waals surface area contributed by atoms with Crippen LogP contribution in [-0.2, 0) is 0 Å². The lowest BCUT2D eigenvalue weighted by atomic mass is 9.92. The number of halogens is 1. The summed E-state index contributed by atoms with van der Waals surface area (Å²) in [5.74, 6) is 0.451. The van der Waals surface area contributed by atoms with Crippen molar-refractivity contribution < 1.29 is 4.79 Å². The smallest absolute Gasteiger partial charge is 0.323 e. The van der Waals surface area contributed by atoms with Gasteiger partial charge < -0.3 is 16.4 Å². The molecule has 0 aliphatic carbocycles. The summed E-state index contributed by atoms with van der Waals surface area (Å²) in [6.07, 6.45) is 1.80. The summed E-state index contributed by atoms with van der Waals surface area (Å²) in [5.41, 5.74) is 13.3. The second kappa shape index (κ2) is 8.43. The largest absolute Gasteiger partial charge is 0.382 e. The molecule has 0 saturated heterocycles. The zero-order valence-corrected chi connectivity index (χ0v) is 19.4. The van der Waals surface area contributed by atoms with Crippen molar-refractivity contribution in [2.75, 3.05) is 16.4 Å². The van der Waals surface area contributed by atoms with Crippen molar-refractivity contribution in [3.05, 3.63) is 75.4 Å². The lowest BCUT2D eigenvalue weighted by molar-refractivity contribution is 0.262. The predicted molar refractivity (Wildman–Crippen MR) is 137 cm³/mol. The van der Waals surface area contributed by atoms with Crippen molar-refractivity contribution in [2.45, 2.75) is 13.8 Å². The predicted octanol–water partition coefficient (Wildman–Crippen LogP) is 6.32. The maximum absolute atomic E-state index is 12.7. The molecule has 5 N–H and O–H groups in total. The number of nitrogens with two attached hydrogens (primary N) is 1. The molecular formula is C24H22IN5O. The molecule has 0 aliphatic rings. The molecule has 31 heavy (non-hydrogen) atoms. The van der Waals surface area contributed by atoms with Crippen LogP contribution in [0.2, 0.25) is 0 Å². The van der Waals surface area contributed by atoms with Crippen LogP contribution in [0.3, 0.4) is 0 Å². The number of aryl methyl sites for hydroxylation is 1. The standard InChI is InChI=1S/C24H22IN5O/c1-4-15-14(3)19(27-24(31)28-21-12-13(2)8-10-18(21)25)11-9-16(15)17-6-5-7-20-22(17)23(26)30-29-20/h4-12H,1H2,2-3H3,(H3,26,29,30)(H2,27,28,31). The molecule has 6 nitrogen and oxygen atoms in total. The number of nitrogens with one attached hydrogen (secondary N) is 3. The quantitative estimate of drug-likeness (QED) is 0.236. The van der Waals surface area contributed by atoms with Gasteiger partial charge in [-0.2, -0.15) is 5.10 Å². The van der Waals surface area contributed by atoms with Gasteiger partial charge in [-0.25, -0.2) is 4.79 Å². The van der Waals surface area contributed by atoms with E-state index < -0.39 is 0 Å². The molecule has 3 aromatic carbocycles. The van der Waals surface area contributed by atoms with Gasteiger partial charge in [-0.3, -0.25) is 5.10 Å². The molecule has 0 unspecified atom stereocenters. The van der Waals surface area contributed by atoms with Crippen LogP contribution in [-0.4, -0.2) is 16.2 Å². The van der Waals surface area contributed by atoms with Gasteiger partial charge in [0.1, 0.15) is 0 Å². The molecule has 0 fully saturated rings. The van der Waals surface area contributed by atoms with Gasteiger partial charge in [0.05, 0.1) is 16.6 Å². The maximum Gasteiger partial charge on any atom is 0.323 e. The van der Waals surface area contributed by atoms with E-state index in [2.05, 4.69) is 50.0 Å². The normalized spacial score (nSPS) is 10.8. The SMILES string of the molecule is C=Cc1c(-c2cccc3[nH]nc(N)c23)ccc(NC(=O)Nc2cc(C)ccc2I)c1C. The third-order valence-electron chi connectivity index (χ3n) is 5.24. The Hall–Kier alpha value is -3.33. The van der Waals surface area contributed by atoms with E-state index in [9.17, 15) is 4.79 Å². The summed E-state index contributed by atoms with van der Waals surface area (Å²) >= 11 is 2.21. The minimum Gasteiger partial charge on any atom is -0.382 e. The summed E-state index contributed by atoms with van der Waals surface area (Å²) in [6.45, 7) is 7.95. The van der Waals surface area contributed by atoms with E-state index in [-0.39, 0.29) is 6.03 Å². The molecule has 0 bridgehead atoms. The number of nitrogens with zero attached hydrogens (tertiary/aromatic N) is 1. The highest BCUT2D eigenvalue weighted by atomic mass is 127. The minimum absolute atomic E-state index is 0.296. The van der Waals surface area contributed by atoms with Gasteiger partial charge in [-0.05, 0) is 88.5 Å². The Kier molecular flexibility index (Phi) is 5.69. The second-order valence-corrected chi connectivity index (χ2v) is 8.47. The highest BCUT2D eigenvalue weighted by Gasteiger charge is 2.16. The van der Waals surface area contributed by atoms with E-state index in [1.807, 2.05) is 62.4 Å². The third-order valence-corrected chi connectivity index (χ3v) is 6.19. The average molecular weight is 523 g/mol. The van der Waals surface area contributed by atoms with E-state index in [1.165, 1.54) is 0 Å². The van der Waals surface area contributed by atoms with Crippen LogP contribution in [0.4, 0.5) is 22.0 Å². The molecule has 1 aromatic heterocycles. The lowest BCUT2D eigenvalue weighted by Crippen LogP contribution is -2.20. The van der Waals surface area contributed by atoms with E-state index >= 15 is 0 Å². The maximum atomic E-state index is 12.7. The van der Waals surface area contributed by atoms with E-state index in [0.717, 1.165) is 48.0 Å². The summed E-state index contributed by atoms with van der Waals surface area (Å²) in [5, 5.41) is 13.8. The lowest BCUT2D eigenvalue weighted by Gasteiger charge is -2.16. The minimum atomic E-state index is -0.296. The zero-order chi connectivity index (χ0) is 22.1. The fourth-order valence-corrected chi connectivity index (χ4v) is 4.17.